The van der Waals surface area contributed by atoms with Crippen LogP contribution in [-0.2, 0) is 25.9 Å². The quantitative estimate of drug-likeness (QED) is 0.638. The van der Waals surface area contributed by atoms with E-state index in [1.165, 1.54) is 29.5 Å². The predicted molar refractivity (Wildman–Crippen MR) is 109 cm³/mol. The van der Waals surface area contributed by atoms with E-state index in [9.17, 15) is 5.11 Å². The molecule has 0 fully saturated rings. The third kappa shape index (κ3) is 3.00. The van der Waals surface area contributed by atoms with Gasteiger partial charge in [-0.05, 0) is 67.1 Å². The molecule has 2 heterocycles. The monoisotopic (exact) mass is 435 g/mol. The van der Waals surface area contributed by atoms with E-state index in [4.69, 9.17) is 11.6 Å². The van der Waals surface area contributed by atoms with Gasteiger partial charge in [0.25, 0.3) is 0 Å². The van der Waals surface area contributed by atoms with Gasteiger partial charge in [-0.25, -0.2) is 0 Å². The van der Waals surface area contributed by atoms with Crippen molar-refractivity contribution in [3.8, 4) is 0 Å². The highest BCUT2D eigenvalue weighted by Crippen LogP contribution is 2.36. The minimum absolute atomic E-state index is 0.469. The van der Waals surface area contributed by atoms with Gasteiger partial charge < -0.3 is 9.67 Å². The number of rotatable bonds is 4. The molecule has 1 aliphatic carbocycles. The summed E-state index contributed by atoms with van der Waals surface area (Å²) in [5, 5.41) is 17.3. The lowest BCUT2D eigenvalue weighted by Gasteiger charge is -2.19. The minimum atomic E-state index is -0.530. The number of halogens is 2. The largest absolute Gasteiger partial charge is 0.389 e. The lowest BCUT2D eigenvalue weighted by Crippen LogP contribution is -2.25. The van der Waals surface area contributed by atoms with Gasteiger partial charge in [-0.2, -0.15) is 5.10 Å². The second kappa shape index (κ2) is 7.02. The number of para-hydroxylation sites is 1. The molecule has 4 rings (SSSR count). The Kier molecular flexibility index (Phi) is 4.88. The first-order valence-electron chi connectivity index (χ1n) is 9.13. The van der Waals surface area contributed by atoms with E-state index in [0.29, 0.717) is 13.1 Å². The molecule has 0 spiro atoms. The zero-order chi connectivity index (χ0) is 18.4. The second-order valence-electron chi connectivity index (χ2n) is 7.20. The zero-order valence-electron chi connectivity index (χ0n) is 15.1. The Balaban J connectivity index is 1.69. The molecule has 0 bridgehead atoms. The molecule has 1 aromatic carbocycles. The van der Waals surface area contributed by atoms with Crippen molar-refractivity contribution in [3.63, 3.8) is 0 Å². The molecule has 1 N–H and O–H groups in total. The van der Waals surface area contributed by atoms with Gasteiger partial charge >= 0.3 is 0 Å². The maximum atomic E-state index is 10.8. The van der Waals surface area contributed by atoms with Crippen LogP contribution in [0, 0.1) is 13.8 Å². The van der Waals surface area contributed by atoms with Gasteiger partial charge in [0.1, 0.15) is 0 Å². The molecule has 1 atom stereocenters. The maximum absolute atomic E-state index is 10.8. The molecule has 4 nitrogen and oxygen atoms in total. The van der Waals surface area contributed by atoms with E-state index < -0.39 is 6.10 Å². The number of fused-ring (bicyclic) bond motifs is 3. The smallest absolute Gasteiger partial charge is 0.0914 e. The number of aliphatic hydroxyl groups excluding tert-OH is 1. The van der Waals surface area contributed by atoms with Crippen molar-refractivity contribution in [2.75, 3.05) is 0 Å². The average Bonchev–Trinajstić information content (AvgIpc) is 3.06. The van der Waals surface area contributed by atoms with Crippen LogP contribution >= 0.6 is 27.5 Å². The lowest BCUT2D eigenvalue weighted by atomic mass is 9.95. The highest BCUT2D eigenvalue weighted by molar-refractivity contribution is 9.10. The molecule has 3 aromatic rings. The van der Waals surface area contributed by atoms with Crippen LogP contribution in [0.5, 0.6) is 0 Å². The van der Waals surface area contributed by atoms with Gasteiger partial charge in [0, 0.05) is 16.8 Å². The first kappa shape index (κ1) is 18.1. The number of aromatic nitrogens is 3. The van der Waals surface area contributed by atoms with E-state index >= 15 is 0 Å². The second-order valence-corrected chi connectivity index (χ2v) is 8.40. The van der Waals surface area contributed by atoms with Crippen LogP contribution in [0.25, 0.3) is 10.9 Å². The number of nitrogens with zero attached hydrogens (tertiary/aromatic N) is 3. The lowest BCUT2D eigenvalue weighted by molar-refractivity contribution is 0.129. The van der Waals surface area contributed by atoms with Crippen LogP contribution in [0.3, 0.4) is 0 Å². The number of aliphatic hydroxyl groups is 1. The predicted octanol–water partition coefficient (Wildman–Crippen LogP) is 4.81. The molecule has 0 amide bonds. The summed E-state index contributed by atoms with van der Waals surface area (Å²) in [5.41, 5.74) is 5.80. The zero-order valence-corrected chi connectivity index (χ0v) is 17.4. The maximum Gasteiger partial charge on any atom is 0.0914 e. The highest BCUT2D eigenvalue weighted by atomic mass is 79.9. The summed E-state index contributed by atoms with van der Waals surface area (Å²) in [5.74, 6) is 0. The molecular formula is C20H23BrClN3O. The molecular weight excluding hydrogens is 414 g/mol. The summed E-state index contributed by atoms with van der Waals surface area (Å²) < 4.78 is 5.14. The van der Waals surface area contributed by atoms with Crippen molar-refractivity contribution in [1.82, 2.24) is 14.3 Å². The number of aryl methyl sites for hydroxylation is 2. The first-order chi connectivity index (χ1) is 12.5. The Morgan fingerprint density at radius 1 is 1.23 bits per heavy atom. The standard InChI is InChI=1S/C20H23BrClN3O/c1-12-19(21)13(2)25(23-12)11-14(26)10-24-18-9-4-3-6-15(18)16-7-5-8-17(22)20(16)24/h5,7-8,14,26H,3-4,6,9-11H2,1-2H3/t14-/m1/s1. The van der Waals surface area contributed by atoms with Gasteiger partial charge in [0.05, 0.1) is 39.9 Å². The Labute approximate surface area is 166 Å². The van der Waals surface area contributed by atoms with Crippen LogP contribution in [-0.4, -0.2) is 25.6 Å². The van der Waals surface area contributed by atoms with Crippen molar-refractivity contribution < 1.29 is 5.11 Å². The summed E-state index contributed by atoms with van der Waals surface area (Å²) in [7, 11) is 0. The van der Waals surface area contributed by atoms with E-state index in [2.05, 4.69) is 31.7 Å². The van der Waals surface area contributed by atoms with Gasteiger partial charge in [-0.3, -0.25) is 4.68 Å². The van der Waals surface area contributed by atoms with Gasteiger partial charge in [0.2, 0.25) is 0 Å². The van der Waals surface area contributed by atoms with E-state index in [-0.39, 0.29) is 0 Å². The molecule has 0 saturated heterocycles. The number of benzene rings is 1. The fourth-order valence-corrected chi connectivity index (χ4v) is 4.73. The normalized spacial score (nSPS) is 15.4. The summed E-state index contributed by atoms with van der Waals surface area (Å²) in [6, 6.07) is 6.12. The first-order valence-corrected chi connectivity index (χ1v) is 10.3. The Morgan fingerprint density at radius 2 is 2.00 bits per heavy atom. The van der Waals surface area contributed by atoms with Gasteiger partial charge in [0.15, 0.2) is 0 Å². The topological polar surface area (TPSA) is 43.0 Å². The third-order valence-corrected chi connectivity index (χ3v) is 6.87. The summed E-state index contributed by atoms with van der Waals surface area (Å²) in [6.07, 6.45) is 4.04. The fourth-order valence-electron chi connectivity index (χ4n) is 4.17. The SMILES string of the molecule is Cc1nn(C[C@H](O)Cn2c3c(c4cccc(Cl)c42)CCCC3)c(C)c1Br. The molecule has 26 heavy (non-hydrogen) atoms. The van der Waals surface area contributed by atoms with Crippen molar-refractivity contribution in [1.29, 1.82) is 0 Å². The molecule has 0 radical (unpaired) electrons. The van der Waals surface area contributed by atoms with Crippen molar-refractivity contribution >= 4 is 38.4 Å². The summed E-state index contributed by atoms with van der Waals surface area (Å²) in [6.45, 7) is 4.98. The molecule has 0 saturated carbocycles. The van der Waals surface area contributed by atoms with E-state index in [0.717, 1.165) is 39.2 Å². The molecule has 6 heteroatoms. The summed E-state index contributed by atoms with van der Waals surface area (Å²) in [4.78, 5) is 0. The van der Waals surface area contributed by atoms with Gasteiger partial charge in [-0.15, -0.1) is 0 Å². The number of hydrogen-bond acceptors (Lipinski definition) is 2. The molecule has 2 aromatic heterocycles. The molecule has 138 valence electrons. The molecule has 0 unspecified atom stereocenters. The molecule has 0 aliphatic heterocycles. The minimum Gasteiger partial charge on any atom is -0.389 e. The Bertz CT molecular complexity index is 975. The van der Waals surface area contributed by atoms with Crippen LogP contribution in [0.4, 0.5) is 0 Å². The average molecular weight is 437 g/mol. The Hall–Kier alpha value is -1.30. The van der Waals surface area contributed by atoms with Gasteiger partial charge in [-0.1, -0.05) is 23.7 Å². The van der Waals surface area contributed by atoms with E-state index in [1.807, 2.05) is 30.7 Å². The Morgan fingerprint density at radius 3 is 2.73 bits per heavy atom. The van der Waals surface area contributed by atoms with Crippen LogP contribution < -0.4 is 0 Å². The van der Waals surface area contributed by atoms with Crippen molar-refractivity contribution in [2.45, 2.75) is 58.7 Å². The number of hydrogen-bond donors (Lipinski definition) is 1. The van der Waals surface area contributed by atoms with Crippen LogP contribution in [0.1, 0.15) is 35.5 Å². The van der Waals surface area contributed by atoms with Crippen molar-refractivity contribution in [3.05, 3.63) is 50.3 Å². The third-order valence-electron chi connectivity index (χ3n) is 5.42. The fraction of sp³-hybridized carbons (Fsp3) is 0.450. The summed E-state index contributed by atoms with van der Waals surface area (Å²) >= 11 is 10.1. The van der Waals surface area contributed by atoms with E-state index in [1.54, 1.807) is 0 Å². The van der Waals surface area contributed by atoms with Crippen LogP contribution in [0.15, 0.2) is 22.7 Å². The van der Waals surface area contributed by atoms with Crippen LogP contribution in [0.2, 0.25) is 5.02 Å². The van der Waals surface area contributed by atoms with Crippen molar-refractivity contribution in [2.24, 2.45) is 0 Å². The molecule has 1 aliphatic rings. The highest BCUT2D eigenvalue weighted by Gasteiger charge is 2.23.